The molecule has 1 heterocycles. The van der Waals surface area contributed by atoms with Gasteiger partial charge in [-0.05, 0) is 51.9 Å². The highest BCUT2D eigenvalue weighted by Gasteiger charge is 2.16. The van der Waals surface area contributed by atoms with Gasteiger partial charge in [-0.1, -0.05) is 72.8 Å². The van der Waals surface area contributed by atoms with E-state index in [4.69, 9.17) is 0 Å². The van der Waals surface area contributed by atoms with E-state index in [2.05, 4.69) is 108 Å². The van der Waals surface area contributed by atoms with Gasteiger partial charge < -0.3 is 4.57 Å². The maximum absolute atomic E-state index is 3.49. The Morgan fingerprint density at radius 2 is 1.26 bits per heavy atom. The predicted octanol–water partition coefficient (Wildman–Crippen LogP) is 6.89. The molecule has 0 aliphatic carbocycles. The summed E-state index contributed by atoms with van der Waals surface area (Å²) in [7, 11) is 0. The summed E-state index contributed by atoms with van der Waals surface area (Å²) in [6.07, 6.45) is 0. The maximum Gasteiger partial charge on any atom is 0.0553 e. The van der Waals surface area contributed by atoms with E-state index in [0.29, 0.717) is 0 Å². The fourth-order valence-corrected chi connectivity index (χ4v) is 4.32. The van der Waals surface area contributed by atoms with Crippen LogP contribution in [0.5, 0.6) is 0 Å². The molecule has 1 heteroatoms. The number of benzene rings is 5. The minimum atomic E-state index is 1.16. The number of hydrogen-bond donors (Lipinski definition) is 0. The van der Waals surface area contributed by atoms with Gasteiger partial charge in [0.05, 0.1) is 11.0 Å². The van der Waals surface area contributed by atoms with Crippen molar-refractivity contribution >= 4 is 43.4 Å². The average molecular weight is 342 g/mol. The van der Waals surface area contributed by atoms with E-state index in [9.17, 15) is 0 Å². The molecular weight excluding hydrogens is 326 g/mol. The van der Waals surface area contributed by atoms with Crippen LogP contribution in [-0.4, -0.2) is 4.57 Å². The highest BCUT2D eigenvalue weighted by molar-refractivity contribution is 6.28. The molecule has 125 valence electrons. The molecule has 27 heavy (non-hydrogen) atoms. The summed E-state index contributed by atoms with van der Waals surface area (Å²) in [6.45, 7) is 0. The number of fused-ring (bicyclic) bond motifs is 7. The van der Waals surface area contributed by atoms with E-state index >= 15 is 0 Å². The van der Waals surface area contributed by atoms with E-state index in [-0.39, 0.29) is 0 Å². The van der Waals surface area contributed by atoms with Crippen molar-refractivity contribution in [3.63, 3.8) is 0 Å². The Morgan fingerprint density at radius 1 is 0.556 bits per heavy atom. The molecule has 0 bridgehead atoms. The van der Waals surface area contributed by atoms with Gasteiger partial charge in [-0.3, -0.25) is 0 Å². The van der Waals surface area contributed by atoms with Gasteiger partial charge in [-0.25, -0.2) is 0 Å². The Morgan fingerprint density at radius 3 is 2.15 bits per heavy atom. The molecule has 5 aromatic carbocycles. The van der Waals surface area contributed by atoms with Crippen LogP contribution in [-0.2, 0) is 0 Å². The number of nitrogens with zero attached hydrogens (tertiary/aromatic N) is 1. The molecule has 1 nitrogen and oxygen atoms in total. The highest BCUT2D eigenvalue weighted by Crippen LogP contribution is 2.40. The van der Waals surface area contributed by atoms with Crippen LogP contribution >= 0.6 is 0 Å². The largest absolute Gasteiger partial charge is 0.309 e. The Balaban J connectivity index is 1.96. The fraction of sp³-hybridized carbons (Fsp3) is 0. The molecule has 6 rings (SSSR count). The zero-order valence-electron chi connectivity index (χ0n) is 14.7. The summed E-state index contributed by atoms with van der Waals surface area (Å²) in [6, 6.07) is 37.9. The van der Waals surface area contributed by atoms with Crippen molar-refractivity contribution in [2.24, 2.45) is 0 Å². The van der Waals surface area contributed by atoms with Crippen LogP contribution in [0.4, 0.5) is 0 Å². The molecule has 0 spiro atoms. The average Bonchev–Trinajstić information content (AvgIpc) is 3.09. The second kappa shape index (κ2) is 5.46. The van der Waals surface area contributed by atoms with Crippen LogP contribution in [0, 0.1) is 6.07 Å². The van der Waals surface area contributed by atoms with Crippen LogP contribution in [0.2, 0.25) is 0 Å². The Labute approximate surface area is 157 Å². The summed E-state index contributed by atoms with van der Waals surface area (Å²) in [4.78, 5) is 0. The lowest BCUT2D eigenvalue weighted by molar-refractivity contribution is 1.18. The van der Waals surface area contributed by atoms with E-state index < -0.39 is 0 Å². The van der Waals surface area contributed by atoms with Crippen molar-refractivity contribution in [1.82, 2.24) is 4.57 Å². The molecule has 0 saturated carbocycles. The first-order valence-electron chi connectivity index (χ1n) is 9.22. The van der Waals surface area contributed by atoms with E-state index in [1.807, 2.05) is 0 Å². The Hall–Kier alpha value is -3.58. The fourth-order valence-electron chi connectivity index (χ4n) is 4.32. The lowest BCUT2D eigenvalue weighted by Crippen LogP contribution is -1.93. The van der Waals surface area contributed by atoms with Gasteiger partial charge in [0.15, 0.2) is 0 Å². The van der Waals surface area contributed by atoms with Crippen molar-refractivity contribution in [1.29, 1.82) is 0 Å². The standard InChI is InChI=1S/C26H16N/c1-2-10-20(11-3-1)27-23-16-14-18-8-4-6-12-21(18)25(23)26-22-13-7-5-9-19(22)15-17-24(26)27/h1-14,16-17H. The topological polar surface area (TPSA) is 4.93 Å². The van der Waals surface area contributed by atoms with Gasteiger partial charge in [-0.2, -0.15) is 0 Å². The first-order chi connectivity index (χ1) is 13.4. The maximum atomic E-state index is 3.49. The van der Waals surface area contributed by atoms with Crippen LogP contribution < -0.4 is 0 Å². The van der Waals surface area contributed by atoms with Crippen molar-refractivity contribution in [3.8, 4) is 5.69 Å². The van der Waals surface area contributed by atoms with E-state index in [1.54, 1.807) is 0 Å². The minimum Gasteiger partial charge on any atom is -0.309 e. The smallest absolute Gasteiger partial charge is 0.0553 e. The van der Waals surface area contributed by atoms with Gasteiger partial charge in [0, 0.05) is 16.5 Å². The molecule has 0 fully saturated rings. The lowest BCUT2D eigenvalue weighted by Gasteiger charge is -2.08. The molecular formula is C26H16N. The van der Waals surface area contributed by atoms with Crippen LogP contribution in [0.3, 0.4) is 0 Å². The normalized spacial score (nSPS) is 11.7. The van der Waals surface area contributed by atoms with Gasteiger partial charge >= 0.3 is 0 Å². The first kappa shape index (κ1) is 14.6. The molecule has 6 aromatic rings. The molecule has 0 aliphatic heterocycles. The zero-order valence-corrected chi connectivity index (χ0v) is 14.7. The van der Waals surface area contributed by atoms with Gasteiger partial charge in [0.25, 0.3) is 0 Å². The third kappa shape index (κ3) is 2.00. The highest BCUT2D eigenvalue weighted by atomic mass is 15.0. The second-order valence-corrected chi connectivity index (χ2v) is 6.95. The Kier molecular flexibility index (Phi) is 2.95. The van der Waals surface area contributed by atoms with Crippen molar-refractivity contribution in [2.75, 3.05) is 0 Å². The molecule has 0 unspecified atom stereocenters. The third-order valence-corrected chi connectivity index (χ3v) is 5.47. The minimum absolute atomic E-state index is 1.16. The summed E-state index contributed by atoms with van der Waals surface area (Å²) in [5.74, 6) is 0. The number of rotatable bonds is 1. The SMILES string of the molecule is [c]1cc2c(c3ccccc13)c1c3ccccc3ccc1n2-c1ccccc1. The molecule has 0 saturated heterocycles. The van der Waals surface area contributed by atoms with Gasteiger partial charge in [0.2, 0.25) is 0 Å². The molecule has 0 amide bonds. The molecule has 0 atom stereocenters. The lowest BCUT2D eigenvalue weighted by atomic mass is 10.00. The number of aromatic nitrogens is 1. The number of hydrogen-bond acceptors (Lipinski definition) is 0. The quantitative estimate of drug-likeness (QED) is 0.306. The van der Waals surface area contributed by atoms with Crippen molar-refractivity contribution < 1.29 is 0 Å². The molecule has 1 radical (unpaired) electrons. The second-order valence-electron chi connectivity index (χ2n) is 6.95. The summed E-state index contributed by atoms with van der Waals surface area (Å²) < 4.78 is 2.36. The summed E-state index contributed by atoms with van der Waals surface area (Å²) in [5.41, 5.74) is 3.61. The monoisotopic (exact) mass is 342 g/mol. The predicted molar refractivity (Wildman–Crippen MR) is 115 cm³/mol. The number of para-hydroxylation sites is 1. The summed E-state index contributed by atoms with van der Waals surface area (Å²) >= 11 is 0. The van der Waals surface area contributed by atoms with Crippen molar-refractivity contribution in [3.05, 3.63) is 103 Å². The molecule has 0 N–H and O–H groups in total. The summed E-state index contributed by atoms with van der Waals surface area (Å²) in [5, 5.41) is 7.60. The molecule has 1 aromatic heterocycles. The van der Waals surface area contributed by atoms with Gasteiger partial charge in [-0.15, -0.1) is 0 Å². The third-order valence-electron chi connectivity index (χ3n) is 5.47. The Bertz CT molecular complexity index is 1360. The van der Waals surface area contributed by atoms with Crippen molar-refractivity contribution in [2.45, 2.75) is 0 Å². The van der Waals surface area contributed by atoms with E-state index in [1.165, 1.54) is 43.7 Å². The van der Waals surface area contributed by atoms with E-state index in [0.717, 1.165) is 5.39 Å². The molecule has 0 aliphatic rings. The first-order valence-corrected chi connectivity index (χ1v) is 9.22. The zero-order chi connectivity index (χ0) is 17.8. The van der Waals surface area contributed by atoms with Crippen LogP contribution in [0.1, 0.15) is 0 Å². The van der Waals surface area contributed by atoms with Gasteiger partial charge in [0.1, 0.15) is 0 Å². The van der Waals surface area contributed by atoms with Crippen LogP contribution in [0.25, 0.3) is 49.0 Å². The van der Waals surface area contributed by atoms with Crippen LogP contribution in [0.15, 0.2) is 97.1 Å².